The number of aromatic nitrogens is 3. The average Bonchev–Trinajstić information content (AvgIpc) is 2.72. The lowest BCUT2D eigenvalue weighted by Crippen LogP contribution is -2.29. The van der Waals surface area contributed by atoms with Gasteiger partial charge in [0.2, 0.25) is 5.95 Å². The number of fused-ring (bicyclic) bond motifs is 1. The quantitative estimate of drug-likeness (QED) is 0.719. The molecular formula is C11H18N6O2S. The van der Waals surface area contributed by atoms with Gasteiger partial charge in [-0.2, -0.15) is 9.97 Å². The minimum Gasteiger partial charge on any atom is -0.382 e. The number of ether oxygens (including phenoxy) is 1. The monoisotopic (exact) mass is 298 g/mol. The third-order valence-electron chi connectivity index (χ3n) is 2.95. The van der Waals surface area contributed by atoms with E-state index in [1.807, 2.05) is 14.0 Å². The molecule has 0 aliphatic carbocycles. The standard InChI is InChI=1S/C11H18N6O2S/c1-5(14-3)4-19-6(2)17-9-7(20-11(17)18)8(12)15-10(13)16-9/h5-6,14H,4H2,1-3H3,(H4,12,13,15,16). The molecule has 0 fully saturated rings. The zero-order valence-electron chi connectivity index (χ0n) is 11.6. The lowest BCUT2D eigenvalue weighted by atomic mass is 10.4. The van der Waals surface area contributed by atoms with Gasteiger partial charge in [0.25, 0.3) is 0 Å². The van der Waals surface area contributed by atoms with E-state index in [0.29, 0.717) is 17.0 Å². The van der Waals surface area contributed by atoms with Crippen molar-refractivity contribution in [3.05, 3.63) is 9.67 Å². The number of nitrogens with zero attached hydrogens (tertiary/aromatic N) is 3. The summed E-state index contributed by atoms with van der Waals surface area (Å²) in [5.74, 6) is 0.251. The molecule has 2 heterocycles. The van der Waals surface area contributed by atoms with E-state index in [-0.39, 0.29) is 22.7 Å². The molecule has 2 atom stereocenters. The van der Waals surface area contributed by atoms with Crippen LogP contribution in [0.4, 0.5) is 11.8 Å². The molecule has 2 rings (SSSR count). The maximum Gasteiger partial charge on any atom is 0.311 e. The molecule has 0 amide bonds. The Labute approximate surface area is 119 Å². The Morgan fingerprint density at radius 1 is 1.40 bits per heavy atom. The number of likely N-dealkylation sites (N-methyl/N-ethyl adjacent to an activating group) is 1. The van der Waals surface area contributed by atoms with Crippen LogP contribution in [0.2, 0.25) is 0 Å². The smallest absolute Gasteiger partial charge is 0.311 e. The van der Waals surface area contributed by atoms with Crippen molar-refractivity contribution >= 4 is 33.5 Å². The lowest BCUT2D eigenvalue weighted by Gasteiger charge is -2.17. The number of hydrogen-bond donors (Lipinski definition) is 3. The van der Waals surface area contributed by atoms with E-state index in [2.05, 4.69) is 15.3 Å². The molecule has 0 aliphatic heterocycles. The molecule has 0 aliphatic rings. The summed E-state index contributed by atoms with van der Waals surface area (Å²) in [6, 6.07) is 0.183. The molecule has 9 heteroatoms. The average molecular weight is 298 g/mol. The van der Waals surface area contributed by atoms with Crippen molar-refractivity contribution < 1.29 is 4.74 Å². The minimum absolute atomic E-state index is 0.0392. The van der Waals surface area contributed by atoms with Gasteiger partial charge in [-0.05, 0) is 20.9 Å². The van der Waals surface area contributed by atoms with Crippen LogP contribution in [0.15, 0.2) is 4.79 Å². The number of nitrogens with one attached hydrogen (secondary N) is 1. The van der Waals surface area contributed by atoms with E-state index in [0.717, 1.165) is 11.3 Å². The predicted molar refractivity (Wildman–Crippen MR) is 79.7 cm³/mol. The number of nitrogens with two attached hydrogens (primary N) is 2. The minimum atomic E-state index is -0.458. The molecule has 0 bridgehead atoms. The van der Waals surface area contributed by atoms with Crippen molar-refractivity contribution in [2.24, 2.45) is 0 Å². The summed E-state index contributed by atoms with van der Waals surface area (Å²) in [4.78, 5) is 19.8. The first-order valence-corrected chi connectivity index (χ1v) is 6.98. The SMILES string of the molecule is CNC(C)COC(C)n1c(=O)sc2c(N)nc(N)nc21. The molecule has 2 aromatic heterocycles. The summed E-state index contributed by atoms with van der Waals surface area (Å²) in [5, 5.41) is 3.06. The summed E-state index contributed by atoms with van der Waals surface area (Å²) in [6.45, 7) is 4.24. The van der Waals surface area contributed by atoms with Gasteiger partial charge in [-0.1, -0.05) is 11.3 Å². The molecule has 2 unspecified atom stereocenters. The van der Waals surface area contributed by atoms with Crippen LogP contribution in [0, 0.1) is 0 Å². The van der Waals surface area contributed by atoms with Crippen molar-refractivity contribution in [1.29, 1.82) is 0 Å². The van der Waals surface area contributed by atoms with Gasteiger partial charge in [0.05, 0.1) is 6.61 Å². The highest BCUT2D eigenvalue weighted by molar-refractivity contribution is 7.17. The highest BCUT2D eigenvalue weighted by Crippen LogP contribution is 2.24. The fourth-order valence-electron chi connectivity index (χ4n) is 1.72. The topological polar surface area (TPSA) is 121 Å². The van der Waals surface area contributed by atoms with E-state index in [1.54, 1.807) is 6.92 Å². The Morgan fingerprint density at radius 2 is 2.10 bits per heavy atom. The van der Waals surface area contributed by atoms with Gasteiger partial charge < -0.3 is 21.5 Å². The first kappa shape index (κ1) is 14.7. The third kappa shape index (κ3) is 2.74. The molecule has 0 radical (unpaired) electrons. The summed E-state index contributed by atoms with van der Waals surface area (Å²) < 4.78 is 7.64. The summed E-state index contributed by atoms with van der Waals surface area (Å²) in [6.07, 6.45) is -0.458. The van der Waals surface area contributed by atoms with Crippen LogP contribution in [-0.4, -0.2) is 34.2 Å². The van der Waals surface area contributed by atoms with E-state index in [1.165, 1.54) is 4.57 Å². The zero-order chi connectivity index (χ0) is 14.9. The van der Waals surface area contributed by atoms with E-state index in [9.17, 15) is 4.79 Å². The maximum atomic E-state index is 12.1. The lowest BCUT2D eigenvalue weighted by molar-refractivity contribution is 0.00823. The van der Waals surface area contributed by atoms with Gasteiger partial charge in [0.1, 0.15) is 16.7 Å². The number of hydrogen-bond acceptors (Lipinski definition) is 8. The van der Waals surface area contributed by atoms with Crippen molar-refractivity contribution in [2.45, 2.75) is 26.1 Å². The molecule has 0 aromatic carbocycles. The Balaban J connectivity index is 2.38. The van der Waals surface area contributed by atoms with E-state index in [4.69, 9.17) is 16.2 Å². The Hall–Kier alpha value is -1.71. The van der Waals surface area contributed by atoms with Gasteiger partial charge in [0.15, 0.2) is 5.65 Å². The summed E-state index contributed by atoms with van der Waals surface area (Å²) >= 11 is 0.989. The Kier molecular flexibility index (Phi) is 4.21. The second-order valence-electron chi connectivity index (χ2n) is 4.48. The van der Waals surface area contributed by atoms with Crippen molar-refractivity contribution in [3.63, 3.8) is 0 Å². The molecule has 5 N–H and O–H groups in total. The second kappa shape index (κ2) is 5.73. The maximum absolute atomic E-state index is 12.1. The van der Waals surface area contributed by atoms with Gasteiger partial charge in [-0.3, -0.25) is 9.36 Å². The number of thiazole rings is 1. The van der Waals surface area contributed by atoms with Crippen molar-refractivity contribution in [1.82, 2.24) is 19.9 Å². The number of rotatable bonds is 5. The van der Waals surface area contributed by atoms with Crippen molar-refractivity contribution in [2.75, 3.05) is 25.1 Å². The number of anilines is 2. The Morgan fingerprint density at radius 3 is 2.75 bits per heavy atom. The summed E-state index contributed by atoms with van der Waals surface area (Å²) in [5.41, 5.74) is 11.8. The second-order valence-corrected chi connectivity index (χ2v) is 5.44. The van der Waals surface area contributed by atoms with Crippen molar-refractivity contribution in [3.8, 4) is 0 Å². The van der Waals surface area contributed by atoms with Gasteiger partial charge in [-0.15, -0.1) is 0 Å². The first-order chi connectivity index (χ1) is 9.43. The third-order valence-corrected chi connectivity index (χ3v) is 3.92. The van der Waals surface area contributed by atoms with Crippen LogP contribution in [0.5, 0.6) is 0 Å². The first-order valence-electron chi connectivity index (χ1n) is 6.17. The van der Waals surface area contributed by atoms with Crippen LogP contribution < -0.4 is 21.7 Å². The van der Waals surface area contributed by atoms with Crippen LogP contribution in [-0.2, 0) is 4.74 Å². The fraction of sp³-hybridized carbons (Fsp3) is 0.545. The summed E-state index contributed by atoms with van der Waals surface area (Å²) in [7, 11) is 1.85. The highest BCUT2D eigenvalue weighted by atomic mass is 32.1. The highest BCUT2D eigenvalue weighted by Gasteiger charge is 2.18. The fourth-order valence-corrected chi connectivity index (χ4v) is 2.61. The molecular weight excluding hydrogens is 280 g/mol. The van der Waals surface area contributed by atoms with E-state index >= 15 is 0 Å². The van der Waals surface area contributed by atoms with Gasteiger partial charge in [-0.25, -0.2) is 0 Å². The molecule has 0 saturated heterocycles. The van der Waals surface area contributed by atoms with Crippen LogP contribution >= 0.6 is 11.3 Å². The van der Waals surface area contributed by atoms with Crippen LogP contribution in [0.3, 0.4) is 0 Å². The zero-order valence-corrected chi connectivity index (χ0v) is 12.4. The largest absolute Gasteiger partial charge is 0.382 e. The van der Waals surface area contributed by atoms with Gasteiger partial charge >= 0.3 is 4.87 Å². The molecule has 2 aromatic rings. The molecule has 0 saturated carbocycles. The predicted octanol–water partition coefficient (Wildman–Crippen LogP) is 0.160. The number of nitrogen functional groups attached to an aromatic ring is 2. The molecule has 110 valence electrons. The normalized spacial score (nSPS) is 14.6. The molecule has 8 nitrogen and oxygen atoms in total. The molecule has 20 heavy (non-hydrogen) atoms. The van der Waals surface area contributed by atoms with Crippen LogP contribution in [0.25, 0.3) is 10.3 Å². The Bertz CT molecular complexity index is 667. The molecule has 0 spiro atoms. The van der Waals surface area contributed by atoms with Crippen LogP contribution in [0.1, 0.15) is 20.1 Å². The van der Waals surface area contributed by atoms with E-state index < -0.39 is 6.23 Å². The van der Waals surface area contributed by atoms with Gasteiger partial charge in [0, 0.05) is 6.04 Å².